The van der Waals surface area contributed by atoms with Gasteiger partial charge in [-0.1, -0.05) is 182 Å². The number of hydrogen-bond acceptors (Lipinski definition) is 4. The molecular formula is C54H37N5. The van der Waals surface area contributed by atoms with Crippen LogP contribution in [0.1, 0.15) is 23.6 Å². The molecule has 11 rings (SSSR count). The van der Waals surface area contributed by atoms with E-state index < -0.39 is 5.41 Å². The highest BCUT2D eigenvalue weighted by atomic mass is 15.0. The molecule has 0 saturated carbocycles. The average molecular weight is 756 g/mol. The summed E-state index contributed by atoms with van der Waals surface area (Å²) in [6.07, 6.45) is 0. The Bertz CT molecular complexity index is 3120. The van der Waals surface area contributed by atoms with Crippen LogP contribution in [0.4, 0.5) is 5.69 Å². The quantitative estimate of drug-likeness (QED) is 0.163. The third kappa shape index (κ3) is 5.78. The van der Waals surface area contributed by atoms with E-state index in [1.54, 1.807) is 0 Å². The lowest BCUT2D eigenvalue weighted by molar-refractivity contribution is 0.797. The number of nitrogens with zero attached hydrogens (tertiary/aromatic N) is 5. The van der Waals surface area contributed by atoms with Crippen molar-refractivity contribution in [2.45, 2.75) is 12.3 Å². The highest BCUT2D eigenvalue weighted by molar-refractivity contribution is 6.20. The summed E-state index contributed by atoms with van der Waals surface area (Å²) in [5.41, 5.74) is 13.7. The first-order valence-electron chi connectivity index (χ1n) is 20.0. The fourth-order valence-corrected chi connectivity index (χ4v) is 8.81. The summed E-state index contributed by atoms with van der Waals surface area (Å²) in [4.78, 5) is 20.2. The molecule has 59 heavy (non-hydrogen) atoms. The van der Waals surface area contributed by atoms with Gasteiger partial charge in [0.25, 0.3) is 0 Å². The molecule has 1 unspecified atom stereocenters. The van der Waals surface area contributed by atoms with E-state index in [9.17, 15) is 0 Å². The molecule has 10 aromatic rings. The number of para-hydroxylation sites is 1. The maximum absolute atomic E-state index is 5.42. The molecule has 0 N–H and O–H groups in total. The van der Waals surface area contributed by atoms with Crippen LogP contribution in [0.5, 0.6) is 0 Å². The van der Waals surface area contributed by atoms with E-state index in [0.717, 1.165) is 50.5 Å². The van der Waals surface area contributed by atoms with Crippen LogP contribution in [0.15, 0.2) is 211 Å². The summed E-state index contributed by atoms with van der Waals surface area (Å²) < 4.78 is 2.44. The van der Waals surface area contributed by atoms with Gasteiger partial charge in [-0.25, -0.2) is 15.0 Å². The van der Waals surface area contributed by atoms with Crippen LogP contribution in [0.2, 0.25) is 0 Å². The standard InChI is InChI=1S/C54H37N5/c1-54(42-22-12-5-13-23-42)48-46(55-50(54)38-16-6-2-7-17-38)35-34-45-44-24-14-15-25-47(44)59(49(45)48)43-32-30-37(31-33-43)36-26-28-41(29-27-36)53-57-51(39-18-8-3-9-19-39)56-52(58-53)40-20-10-4-11-21-40/h2-35H,1H3. The number of aromatic nitrogens is 4. The first-order valence-corrected chi connectivity index (χ1v) is 20.0. The molecule has 0 radical (unpaired) electrons. The van der Waals surface area contributed by atoms with Crippen LogP contribution in [-0.2, 0) is 5.41 Å². The fourth-order valence-electron chi connectivity index (χ4n) is 8.81. The van der Waals surface area contributed by atoms with Crippen molar-refractivity contribution >= 4 is 33.2 Å². The SMILES string of the molecule is CC1(c2ccccc2)C(c2ccccc2)=Nc2ccc3c4ccccc4n(-c4ccc(-c5ccc(-c6nc(-c7ccccc7)nc(-c7ccccc7)n6)cc5)cc4)c3c21. The Balaban J connectivity index is 1.00. The van der Waals surface area contributed by atoms with E-state index in [1.807, 2.05) is 60.7 Å². The smallest absolute Gasteiger partial charge is 0.164 e. The van der Waals surface area contributed by atoms with Crippen molar-refractivity contribution < 1.29 is 0 Å². The minimum absolute atomic E-state index is 0.493. The Labute approximate surface area is 342 Å². The molecule has 8 aromatic carbocycles. The van der Waals surface area contributed by atoms with Gasteiger partial charge in [-0.05, 0) is 53.4 Å². The third-order valence-electron chi connectivity index (χ3n) is 11.7. The second-order valence-electron chi connectivity index (χ2n) is 15.2. The number of aliphatic imine (C=N–C) groups is 1. The molecule has 0 aliphatic carbocycles. The zero-order valence-corrected chi connectivity index (χ0v) is 32.4. The fraction of sp³-hybridized carbons (Fsp3) is 0.0370. The van der Waals surface area contributed by atoms with Crippen LogP contribution in [0, 0.1) is 0 Å². The third-order valence-corrected chi connectivity index (χ3v) is 11.7. The highest BCUT2D eigenvalue weighted by Crippen LogP contribution is 2.51. The molecule has 0 amide bonds. The summed E-state index contributed by atoms with van der Waals surface area (Å²) in [5.74, 6) is 1.94. The Morgan fingerprint density at radius 1 is 0.390 bits per heavy atom. The van der Waals surface area contributed by atoms with Gasteiger partial charge >= 0.3 is 0 Å². The van der Waals surface area contributed by atoms with Gasteiger partial charge < -0.3 is 4.57 Å². The van der Waals surface area contributed by atoms with Crippen LogP contribution >= 0.6 is 0 Å². The Kier molecular flexibility index (Phi) is 8.19. The Hall–Kier alpha value is -7.76. The molecule has 0 fully saturated rings. The second kappa shape index (κ2) is 14.0. The van der Waals surface area contributed by atoms with E-state index in [4.69, 9.17) is 19.9 Å². The molecule has 1 aliphatic rings. The minimum atomic E-state index is -0.493. The lowest BCUT2D eigenvalue weighted by Gasteiger charge is -2.30. The van der Waals surface area contributed by atoms with E-state index >= 15 is 0 Å². The molecular weight excluding hydrogens is 719 g/mol. The number of fused-ring (bicyclic) bond motifs is 5. The molecule has 5 heteroatoms. The average Bonchev–Trinajstić information content (AvgIpc) is 3.82. The minimum Gasteiger partial charge on any atom is -0.309 e. The van der Waals surface area contributed by atoms with Crippen LogP contribution in [-0.4, -0.2) is 25.2 Å². The monoisotopic (exact) mass is 755 g/mol. The largest absolute Gasteiger partial charge is 0.309 e. The predicted molar refractivity (Wildman–Crippen MR) is 241 cm³/mol. The molecule has 0 spiro atoms. The first kappa shape index (κ1) is 34.5. The van der Waals surface area contributed by atoms with E-state index in [-0.39, 0.29) is 0 Å². The Morgan fingerprint density at radius 2 is 0.847 bits per heavy atom. The van der Waals surface area contributed by atoms with Crippen molar-refractivity contribution in [1.29, 1.82) is 0 Å². The maximum Gasteiger partial charge on any atom is 0.164 e. The van der Waals surface area contributed by atoms with E-state index in [1.165, 1.54) is 32.9 Å². The topological polar surface area (TPSA) is 56.0 Å². The van der Waals surface area contributed by atoms with Gasteiger partial charge in [0.15, 0.2) is 17.5 Å². The normalized spacial score (nSPS) is 14.7. The number of benzene rings is 8. The Morgan fingerprint density at radius 3 is 1.42 bits per heavy atom. The second-order valence-corrected chi connectivity index (χ2v) is 15.2. The van der Waals surface area contributed by atoms with Gasteiger partial charge in [-0.3, -0.25) is 4.99 Å². The van der Waals surface area contributed by atoms with Crippen LogP contribution in [0.3, 0.4) is 0 Å². The summed E-state index contributed by atoms with van der Waals surface area (Å²) in [5, 5.41) is 2.44. The molecule has 278 valence electrons. The van der Waals surface area contributed by atoms with Gasteiger partial charge in [0, 0.05) is 38.7 Å². The van der Waals surface area contributed by atoms with Crippen molar-refractivity contribution in [3.63, 3.8) is 0 Å². The van der Waals surface area contributed by atoms with Crippen molar-refractivity contribution in [3.8, 4) is 51.0 Å². The van der Waals surface area contributed by atoms with Gasteiger partial charge in [-0.2, -0.15) is 0 Å². The zero-order chi connectivity index (χ0) is 39.3. The number of hydrogen-bond donors (Lipinski definition) is 0. The first-order chi connectivity index (χ1) is 29.1. The maximum atomic E-state index is 5.42. The van der Waals surface area contributed by atoms with Gasteiger partial charge in [-0.15, -0.1) is 0 Å². The van der Waals surface area contributed by atoms with Crippen molar-refractivity contribution in [2.24, 2.45) is 4.99 Å². The molecule has 2 aromatic heterocycles. The molecule has 0 bridgehead atoms. The molecule has 5 nitrogen and oxygen atoms in total. The van der Waals surface area contributed by atoms with Crippen LogP contribution < -0.4 is 0 Å². The van der Waals surface area contributed by atoms with E-state index in [0.29, 0.717) is 17.5 Å². The number of rotatable bonds is 7. The molecule has 1 aliphatic heterocycles. The summed E-state index contributed by atoms with van der Waals surface area (Å²) in [6, 6.07) is 72.3. The summed E-state index contributed by atoms with van der Waals surface area (Å²) >= 11 is 0. The molecule has 0 saturated heterocycles. The van der Waals surface area contributed by atoms with Gasteiger partial charge in [0.2, 0.25) is 0 Å². The molecule has 3 heterocycles. The van der Waals surface area contributed by atoms with Gasteiger partial charge in [0.1, 0.15) is 0 Å². The predicted octanol–water partition coefficient (Wildman–Crippen LogP) is 13.1. The lowest BCUT2D eigenvalue weighted by Crippen LogP contribution is -2.32. The zero-order valence-electron chi connectivity index (χ0n) is 32.4. The van der Waals surface area contributed by atoms with E-state index in [2.05, 4.69) is 157 Å². The highest BCUT2D eigenvalue weighted by Gasteiger charge is 2.44. The summed E-state index contributed by atoms with van der Waals surface area (Å²) in [7, 11) is 0. The lowest BCUT2D eigenvalue weighted by atomic mass is 9.71. The van der Waals surface area contributed by atoms with Crippen LogP contribution in [0.25, 0.3) is 72.8 Å². The molecule has 1 atom stereocenters. The van der Waals surface area contributed by atoms with Crippen molar-refractivity contribution in [3.05, 3.63) is 223 Å². The van der Waals surface area contributed by atoms with Crippen molar-refractivity contribution in [1.82, 2.24) is 19.5 Å². The van der Waals surface area contributed by atoms with Crippen molar-refractivity contribution in [2.75, 3.05) is 0 Å². The summed E-state index contributed by atoms with van der Waals surface area (Å²) in [6.45, 7) is 2.34. The van der Waals surface area contributed by atoms with Gasteiger partial charge in [0.05, 0.1) is 27.8 Å².